The Bertz CT molecular complexity index is 565. The molecule has 1 saturated carbocycles. The van der Waals surface area contributed by atoms with Gasteiger partial charge in [-0.1, -0.05) is 58.2 Å². The Hall–Kier alpha value is -1.02. The van der Waals surface area contributed by atoms with Crippen LogP contribution in [0, 0.1) is 17.2 Å². The smallest absolute Gasteiger partial charge is 0.133 e. The van der Waals surface area contributed by atoms with Crippen molar-refractivity contribution in [2.75, 3.05) is 0 Å². The summed E-state index contributed by atoms with van der Waals surface area (Å²) in [7, 11) is 0. The summed E-state index contributed by atoms with van der Waals surface area (Å²) in [6.45, 7) is 11.0. The number of unbranched alkanes of at least 4 members (excludes halogenated alkanes) is 1. The van der Waals surface area contributed by atoms with E-state index in [0.29, 0.717) is 33.7 Å². The molecule has 2 unspecified atom stereocenters. The van der Waals surface area contributed by atoms with Gasteiger partial charge in [-0.05, 0) is 55.2 Å². The van der Waals surface area contributed by atoms with Gasteiger partial charge < -0.3 is 5.32 Å². The lowest BCUT2D eigenvalue weighted by atomic mass is 9.81. The molecule has 1 aromatic rings. The van der Waals surface area contributed by atoms with Crippen LogP contribution in [0.2, 0.25) is 5.02 Å². The van der Waals surface area contributed by atoms with Gasteiger partial charge in [0, 0.05) is 22.3 Å². The first-order valence-corrected chi connectivity index (χ1v) is 9.70. The Kier molecular flexibility index (Phi) is 6.74. The second-order valence-corrected chi connectivity index (χ2v) is 8.01. The second-order valence-electron chi connectivity index (χ2n) is 7.57. The van der Waals surface area contributed by atoms with E-state index in [1.54, 1.807) is 12.1 Å². The van der Waals surface area contributed by atoms with Crippen molar-refractivity contribution in [2.24, 2.45) is 11.3 Å². The van der Waals surface area contributed by atoms with Crippen molar-refractivity contribution in [1.82, 2.24) is 5.32 Å². The van der Waals surface area contributed by atoms with Crippen molar-refractivity contribution in [3.8, 4) is 0 Å². The highest BCUT2D eigenvalue weighted by atomic mass is 35.5. The Morgan fingerprint density at radius 2 is 2.00 bits per heavy atom. The summed E-state index contributed by atoms with van der Waals surface area (Å²) in [6.07, 6.45) is 8.58. The van der Waals surface area contributed by atoms with Crippen LogP contribution in [0.1, 0.15) is 71.3 Å². The highest BCUT2D eigenvalue weighted by molar-refractivity contribution is 6.30. The van der Waals surface area contributed by atoms with E-state index in [9.17, 15) is 4.39 Å². The molecule has 134 valence electrons. The van der Waals surface area contributed by atoms with Crippen LogP contribution in [0.25, 0.3) is 5.70 Å². The molecule has 0 spiro atoms. The average molecular weight is 352 g/mol. The molecule has 2 atom stereocenters. The summed E-state index contributed by atoms with van der Waals surface area (Å²) in [5.41, 5.74) is 1.53. The first-order chi connectivity index (χ1) is 11.4. The molecule has 1 aliphatic rings. The molecule has 1 fully saturated rings. The molecular formula is C21H31ClFN. The van der Waals surface area contributed by atoms with E-state index >= 15 is 0 Å². The van der Waals surface area contributed by atoms with E-state index in [1.165, 1.54) is 51.0 Å². The molecular weight excluding hydrogens is 321 g/mol. The van der Waals surface area contributed by atoms with Crippen molar-refractivity contribution in [3.63, 3.8) is 0 Å². The molecule has 0 saturated heterocycles. The number of nitrogens with one attached hydrogen (secondary N) is 1. The van der Waals surface area contributed by atoms with Gasteiger partial charge in [-0.2, -0.15) is 0 Å². The third-order valence-corrected chi connectivity index (χ3v) is 5.67. The number of hydrogen-bond donors (Lipinski definition) is 1. The average Bonchev–Trinajstić information content (AvgIpc) is 3.27. The summed E-state index contributed by atoms with van der Waals surface area (Å²) >= 11 is 5.87. The molecule has 0 aliphatic heterocycles. The Labute approximate surface area is 151 Å². The van der Waals surface area contributed by atoms with Crippen LogP contribution in [0.15, 0.2) is 24.8 Å². The topological polar surface area (TPSA) is 12.0 Å². The lowest BCUT2D eigenvalue weighted by molar-refractivity contribution is 0.246. The zero-order valence-electron chi connectivity index (χ0n) is 15.3. The molecule has 0 heterocycles. The van der Waals surface area contributed by atoms with Crippen LogP contribution in [-0.2, 0) is 0 Å². The zero-order valence-corrected chi connectivity index (χ0v) is 16.1. The molecule has 0 bridgehead atoms. The van der Waals surface area contributed by atoms with E-state index in [1.807, 2.05) is 0 Å². The first-order valence-electron chi connectivity index (χ1n) is 9.32. The largest absolute Gasteiger partial charge is 0.381 e. The number of rotatable bonds is 10. The third-order valence-electron chi connectivity index (χ3n) is 5.43. The molecule has 0 amide bonds. The predicted molar refractivity (Wildman–Crippen MR) is 103 cm³/mol. The van der Waals surface area contributed by atoms with Gasteiger partial charge in [-0.15, -0.1) is 0 Å². The Balaban J connectivity index is 2.17. The molecule has 1 nitrogen and oxygen atoms in total. The summed E-state index contributed by atoms with van der Waals surface area (Å²) < 4.78 is 14.2. The highest BCUT2D eigenvalue weighted by Crippen LogP contribution is 2.52. The fourth-order valence-electron chi connectivity index (χ4n) is 3.68. The van der Waals surface area contributed by atoms with Gasteiger partial charge in [0.25, 0.3) is 0 Å². The monoisotopic (exact) mass is 351 g/mol. The van der Waals surface area contributed by atoms with Crippen LogP contribution in [-0.4, -0.2) is 6.04 Å². The van der Waals surface area contributed by atoms with Crippen molar-refractivity contribution >= 4 is 17.3 Å². The van der Waals surface area contributed by atoms with Crippen molar-refractivity contribution < 1.29 is 4.39 Å². The fraction of sp³-hybridized carbons (Fsp3) is 0.619. The van der Waals surface area contributed by atoms with Crippen molar-refractivity contribution in [1.29, 1.82) is 0 Å². The molecule has 2 rings (SSSR count). The standard InChI is InChI=1S/C21H31ClFN/c1-5-7-9-16(8-6-2)20(21(4)12-13-21)24-15(3)18-11-10-17(22)14-19(18)23/h10-11,14,16,20,24H,3,5-9,12-13H2,1-2,4H3. The third kappa shape index (κ3) is 4.75. The van der Waals surface area contributed by atoms with Gasteiger partial charge in [0.05, 0.1) is 0 Å². The van der Waals surface area contributed by atoms with E-state index in [-0.39, 0.29) is 5.82 Å². The van der Waals surface area contributed by atoms with Crippen LogP contribution < -0.4 is 5.32 Å². The van der Waals surface area contributed by atoms with Gasteiger partial charge in [0.15, 0.2) is 0 Å². The number of hydrogen-bond acceptors (Lipinski definition) is 1. The maximum absolute atomic E-state index is 14.2. The molecule has 1 aromatic carbocycles. The van der Waals surface area contributed by atoms with Gasteiger partial charge >= 0.3 is 0 Å². The van der Waals surface area contributed by atoms with E-state index in [0.717, 1.165) is 0 Å². The minimum absolute atomic E-state index is 0.305. The molecule has 0 aromatic heterocycles. The van der Waals surface area contributed by atoms with E-state index < -0.39 is 0 Å². The van der Waals surface area contributed by atoms with Gasteiger partial charge in [-0.3, -0.25) is 0 Å². The lowest BCUT2D eigenvalue weighted by Gasteiger charge is -2.35. The minimum atomic E-state index is -0.305. The van der Waals surface area contributed by atoms with Crippen LogP contribution >= 0.6 is 11.6 Å². The summed E-state index contributed by atoms with van der Waals surface area (Å²) in [5.74, 6) is 0.315. The van der Waals surface area contributed by atoms with Gasteiger partial charge in [0.1, 0.15) is 5.82 Å². The first kappa shape index (κ1) is 19.3. The molecule has 24 heavy (non-hydrogen) atoms. The highest BCUT2D eigenvalue weighted by Gasteiger charge is 2.47. The summed E-state index contributed by atoms with van der Waals surface area (Å²) in [5, 5.41) is 4.03. The molecule has 1 N–H and O–H groups in total. The maximum atomic E-state index is 14.2. The summed E-state index contributed by atoms with van der Waals surface area (Å²) in [4.78, 5) is 0. The van der Waals surface area contributed by atoms with Crippen LogP contribution in [0.4, 0.5) is 4.39 Å². The normalized spacial score (nSPS) is 18.0. The Morgan fingerprint density at radius 3 is 2.54 bits per heavy atom. The van der Waals surface area contributed by atoms with Gasteiger partial charge in [-0.25, -0.2) is 4.39 Å². The molecule has 0 radical (unpaired) electrons. The quantitative estimate of drug-likeness (QED) is 0.488. The van der Waals surface area contributed by atoms with Crippen LogP contribution in [0.3, 0.4) is 0 Å². The van der Waals surface area contributed by atoms with E-state index in [2.05, 4.69) is 32.7 Å². The Morgan fingerprint density at radius 1 is 1.29 bits per heavy atom. The second kappa shape index (κ2) is 8.38. The summed E-state index contributed by atoms with van der Waals surface area (Å²) in [6, 6.07) is 5.17. The van der Waals surface area contributed by atoms with E-state index in [4.69, 9.17) is 11.6 Å². The number of halogens is 2. The minimum Gasteiger partial charge on any atom is -0.381 e. The maximum Gasteiger partial charge on any atom is 0.133 e. The van der Waals surface area contributed by atoms with Gasteiger partial charge in [0.2, 0.25) is 0 Å². The molecule has 3 heteroatoms. The molecule has 1 aliphatic carbocycles. The lowest BCUT2D eigenvalue weighted by Crippen LogP contribution is -2.41. The fourth-order valence-corrected chi connectivity index (χ4v) is 3.84. The van der Waals surface area contributed by atoms with Crippen molar-refractivity contribution in [3.05, 3.63) is 41.2 Å². The van der Waals surface area contributed by atoms with Crippen molar-refractivity contribution in [2.45, 2.75) is 71.8 Å². The predicted octanol–water partition coefficient (Wildman–Crippen LogP) is 6.81. The zero-order chi connectivity index (χ0) is 17.7. The number of benzene rings is 1. The SMILES string of the molecule is C=C(NC(C(CCC)CCCC)C1(C)CC1)c1ccc(Cl)cc1F. The van der Waals surface area contributed by atoms with Crippen LogP contribution in [0.5, 0.6) is 0 Å².